The Kier molecular flexibility index (Phi) is 5.61. The summed E-state index contributed by atoms with van der Waals surface area (Å²) in [5, 5.41) is 2.72. The van der Waals surface area contributed by atoms with Crippen LogP contribution in [-0.4, -0.2) is 29.8 Å². The molecule has 0 aromatic heterocycles. The van der Waals surface area contributed by atoms with E-state index in [0.29, 0.717) is 5.69 Å². The lowest BCUT2D eigenvalue weighted by Crippen LogP contribution is -2.44. The van der Waals surface area contributed by atoms with Gasteiger partial charge in [0, 0.05) is 22.3 Å². The fraction of sp³-hybridized carbons (Fsp3) is 0.500. The van der Waals surface area contributed by atoms with E-state index in [1.54, 1.807) is 11.9 Å². The molecule has 4 nitrogen and oxygen atoms in total. The first kappa shape index (κ1) is 16.3. The maximum atomic E-state index is 12.2. The first-order valence-corrected chi connectivity index (χ1v) is 8.41. The second kappa shape index (κ2) is 7.24. The summed E-state index contributed by atoms with van der Waals surface area (Å²) in [7, 11) is 1.73. The Bertz CT molecular complexity index is 539. The second-order valence-electron chi connectivity index (χ2n) is 5.62. The summed E-state index contributed by atoms with van der Waals surface area (Å²) in [6, 6.07) is 5.93. The molecule has 0 unspecified atom stereocenters. The van der Waals surface area contributed by atoms with E-state index in [2.05, 4.69) is 27.9 Å². The van der Waals surface area contributed by atoms with Gasteiger partial charge in [0.05, 0.1) is 0 Å². The van der Waals surface area contributed by atoms with E-state index in [0.717, 1.165) is 34.8 Å². The third-order valence-corrected chi connectivity index (χ3v) is 4.74. The summed E-state index contributed by atoms with van der Waals surface area (Å²) in [6.07, 6.45) is 5.50. The van der Waals surface area contributed by atoms with Gasteiger partial charge >= 0.3 is 11.8 Å². The molecule has 1 N–H and O–H groups in total. The normalized spacial score (nSPS) is 15.6. The number of aryl methyl sites for hydroxylation is 1. The molecule has 21 heavy (non-hydrogen) atoms. The number of nitrogens with zero attached hydrogens (tertiary/aromatic N) is 1. The van der Waals surface area contributed by atoms with E-state index in [-0.39, 0.29) is 6.04 Å². The van der Waals surface area contributed by atoms with Crippen molar-refractivity contribution in [3.05, 3.63) is 27.3 Å². The lowest BCUT2D eigenvalue weighted by Gasteiger charge is -2.30. The summed E-state index contributed by atoms with van der Waals surface area (Å²) in [6.45, 7) is 1.92. The van der Waals surface area contributed by atoms with Gasteiger partial charge in [0.25, 0.3) is 0 Å². The minimum atomic E-state index is -0.549. The van der Waals surface area contributed by atoms with Crippen LogP contribution in [0.5, 0.6) is 0 Å². The van der Waals surface area contributed by atoms with Crippen molar-refractivity contribution >= 4 is 40.1 Å². The van der Waals surface area contributed by atoms with Crippen LogP contribution < -0.4 is 5.32 Å². The van der Waals surface area contributed by atoms with Crippen molar-refractivity contribution in [3.63, 3.8) is 0 Å². The molecule has 2 rings (SSSR count). The fourth-order valence-corrected chi connectivity index (χ4v) is 3.38. The van der Waals surface area contributed by atoms with Gasteiger partial charge in [0.15, 0.2) is 0 Å². The monoisotopic (exact) mass is 400 g/mol. The SMILES string of the molecule is Cc1cc(I)ccc1NC(=O)C(=O)N(C)C1CCCCC1. The van der Waals surface area contributed by atoms with E-state index in [4.69, 9.17) is 0 Å². The molecule has 0 heterocycles. The zero-order valence-electron chi connectivity index (χ0n) is 12.5. The molecule has 1 aliphatic rings. The number of rotatable bonds is 2. The number of carbonyl (C=O) groups is 2. The number of benzene rings is 1. The Hall–Kier alpha value is -1.11. The maximum Gasteiger partial charge on any atom is 0.313 e. The molecular formula is C16H21IN2O2. The number of nitrogens with one attached hydrogen (secondary N) is 1. The van der Waals surface area contributed by atoms with Gasteiger partial charge in [-0.3, -0.25) is 9.59 Å². The van der Waals surface area contributed by atoms with Crippen LogP contribution in [-0.2, 0) is 9.59 Å². The lowest BCUT2D eigenvalue weighted by molar-refractivity contribution is -0.144. The van der Waals surface area contributed by atoms with Gasteiger partial charge in [-0.1, -0.05) is 19.3 Å². The average Bonchev–Trinajstić information content (AvgIpc) is 2.49. The highest BCUT2D eigenvalue weighted by Gasteiger charge is 2.26. The smallest absolute Gasteiger partial charge is 0.313 e. The highest BCUT2D eigenvalue weighted by molar-refractivity contribution is 14.1. The number of halogens is 1. The molecule has 0 spiro atoms. The van der Waals surface area contributed by atoms with E-state index >= 15 is 0 Å². The Balaban J connectivity index is 2.00. The number of hydrogen-bond acceptors (Lipinski definition) is 2. The molecule has 0 aliphatic heterocycles. The highest BCUT2D eigenvalue weighted by Crippen LogP contribution is 2.22. The van der Waals surface area contributed by atoms with E-state index < -0.39 is 11.8 Å². The third kappa shape index (κ3) is 4.18. The number of amides is 2. The van der Waals surface area contributed by atoms with Crippen LogP contribution in [0.2, 0.25) is 0 Å². The minimum Gasteiger partial charge on any atom is -0.335 e. The summed E-state index contributed by atoms with van der Waals surface area (Å²) in [5.74, 6) is -0.993. The summed E-state index contributed by atoms with van der Waals surface area (Å²) in [5.41, 5.74) is 1.66. The van der Waals surface area contributed by atoms with E-state index in [1.807, 2.05) is 25.1 Å². The Morgan fingerprint density at radius 3 is 2.52 bits per heavy atom. The van der Waals surface area contributed by atoms with Gasteiger partial charge in [-0.2, -0.15) is 0 Å². The Labute approximate surface area is 139 Å². The average molecular weight is 400 g/mol. The molecule has 114 valence electrons. The zero-order valence-corrected chi connectivity index (χ0v) is 14.6. The summed E-state index contributed by atoms with van der Waals surface area (Å²) >= 11 is 2.22. The largest absolute Gasteiger partial charge is 0.335 e. The predicted octanol–water partition coefficient (Wildman–Crippen LogP) is 3.33. The molecule has 0 saturated heterocycles. The fourth-order valence-electron chi connectivity index (χ4n) is 2.74. The lowest BCUT2D eigenvalue weighted by atomic mass is 9.94. The molecule has 1 fully saturated rings. The van der Waals surface area contributed by atoms with Gasteiger partial charge < -0.3 is 10.2 Å². The van der Waals surface area contributed by atoms with E-state index in [9.17, 15) is 9.59 Å². The number of hydrogen-bond donors (Lipinski definition) is 1. The first-order chi connectivity index (χ1) is 9.99. The summed E-state index contributed by atoms with van der Waals surface area (Å²) < 4.78 is 1.11. The Morgan fingerprint density at radius 2 is 1.90 bits per heavy atom. The molecule has 0 radical (unpaired) electrons. The third-order valence-electron chi connectivity index (χ3n) is 4.07. The maximum absolute atomic E-state index is 12.2. The van der Waals surface area contributed by atoms with Gasteiger partial charge in [-0.25, -0.2) is 0 Å². The first-order valence-electron chi connectivity index (χ1n) is 7.33. The van der Waals surface area contributed by atoms with Crippen molar-refractivity contribution in [2.75, 3.05) is 12.4 Å². The number of carbonyl (C=O) groups excluding carboxylic acids is 2. The molecule has 0 bridgehead atoms. The van der Waals surface area contributed by atoms with Crippen LogP contribution in [0.3, 0.4) is 0 Å². The molecular weight excluding hydrogens is 379 g/mol. The quantitative estimate of drug-likeness (QED) is 0.612. The topological polar surface area (TPSA) is 49.4 Å². The number of likely N-dealkylation sites (N-methyl/N-ethyl adjacent to an activating group) is 1. The van der Waals surface area contributed by atoms with Crippen molar-refractivity contribution in [2.45, 2.75) is 45.1 Å². The standard InChI is InChI=1S/C16H21IN2O2/c1-11-10-12(17)8-9-14(11)18-15(20)16(21)19(2)13-6-4-3-5-7-13/h8-10,13H,3-7H2,1-2H3,(H,18,20). The van der Waals surface area contributed by atoms with Gasteiger partial charge in [0.2, 0.25) is 0 Å². The van der Waals surface area contributed by atoms with Crippen LogP contribution in [0.15, 0.2) is 18.2 Å². The van der Waals surface area contributed by atoms with Crippen LogP contribution in [0.1, 0.15) is 37.7 Å². The van der Waals surface area contributed by atoms with Crippen LogP contribution in [0, 0.1) is 10.5 Å². The second-order valence-corrected chi connectivity index (χ2v) is 6.87. The number of anilines is 1. The molecule has 1 saturated carbocycles. The van der Waals surface area contributed by atoms with Crippen LogP contribution >= 0.6 is 22.6 Å². The zero-order chi connectivity index (χ0) is 15.4. The molecule has 2 amide bonds. The highest BCUT2D eigenvalue weighted by atomic mass is 127. The summed E-state index contributed by atoms with van der Waals surface area (Å²) in [4.78, 5) is 26.0. The van der Waals surface area contributed by atoms with Crippen molar-refractivity contribution in [2.24, 2.45) is 0 Å². The van der Waals surface area contributed by atoms with Crippen LogP contribution in [0.4, 0.5) is 5.69 Å². The molecule has 1 aromatic carbocycles. The van der Waals surface area contributed by atoms with Crippen molar-refractivity contribution in [1.82, 2.24) is 4.90 Å². The molecule has 0 atom stereocenters. The van der Waals surface area contributed by atoms with E-state index in [1.165, 1.54) is 6.42 Å². The van der Waals surface area contributed by atoms with Crippen molar-refractivity contribution in [3.8, 4) is 0 Å². The molecule has 5 heteroatoms. The molecule has 1 aliphatic carbocycles. The predicted molar refractivity (Wildman–Crippen MR) is 92.2 cm³/mol. The van der Waals surface area contributed by atoms with Crippen molar-refractivity contribution < 1.29 is 9.59 Å². The van der Waals surface area contributed by atoms with Crippen molar-refractivity contribution in [1.29, 1.82) is 0 Å². The molecule has 1 aromatic rings. The minimum absolute atomic E-state index is 0.204. The van der Waals surface area contributed by atoms with Gasteiger partial charge in [0.1, 0.15) is 0 Å². The Morgan fingerprint density at radius 1 is 1.24 bits per heavy atom. The van der Waals surface area contributed by atoms with Gasteiger partial charge in [-0.05, 0) is 66.1 Å². The van der Waals surface area contributed by atoms with Gasteiger partial charge in [-0.15, -0.1) is 0 Å². The van der Waals surface area contributed by atoms with Crippen LogP contribution in [0.25, 0.3) is 0 Å².